The first-order valence-corrected chi connectivity index (χ1v) is 8.34. The Morgan fingerprint density at radius 2 is 1.80 bits per heavy atom. The molecule has 0 aliphatic rings. The molecule has 0 unspecified atom stereocenters. The molecule has 5 nitrogen and oxygen atoms in total. The Kier molecular flexibility index (Phi) is 6.17. The Hall–Kier alpha value is -2.82. The summed E-state index contributed by atoms with van der Waals surface area (Å²) in [6.07, 6.45) is 1.27. The molecule has 0 spiro atoms. The van der Waals surface area contributed by atoms with E-state index in [0.29, 0.717) is 23.4 Å². The maximum absolute atomic E-state index is 12.1. The highest BCUT2D eigenvalue weighted by molar-refractivity contribution is 5.97. The second kappa shape index (κ2) is 8.33. The number of benzene rings is 2. The van der Waals surface area contributed by atoms with Crippen molar-refractivity contribution < 1.29 is 14.3 Å². The maximum atomic E-state index is 12.1. The van der Waals surface area contributed by atoms with Crippen LogP contribution in [-0.4, -0.2) is 18.3 Å². The summed E-state index contributed by atoms with van der Waals surface area (Å²) >= 11 is 0. The molecule has 25 heavy (non-hydrogen) atoms. The molecule has 0 heterocycles. The minimum atomic E-state index is -0.261. The first kappa shape index (κ1) is 18.5. The minimum Gasteiger partial charge on any atom is -0.482 e. The third kappa shape index (κ3) is 4.83. The highest BCUT2D eigenvalue weighted by Crippen LogP contribution is 2.24. The predicted molar refractivity (Wildman–Crippen MR) is 100 cm³/mol. The molecule has 2 aromatic carbocycles. The fourth-order valence-corrected chi connectivity index (χ4v) is 2.56. The average Bonchev–Trinajstić information content (AvgIpc) is 2.57. The summed E-state index contributed by atoms with van der Waals surface area (Å²) in [6.45, 7) is 5.68. The Morgan fingerprint density at radius 3 is 2.40 bits per heavy atom. The van der Waals surface area contributed by atoms with Crippen molar-refractivity contribution in [3.8, 4) is 5.75 Å². The van der Waals surface area contributed by atoms with Crippen molar-refractivity contribution in [2.45, 2.75) is 33.6 Å². The second-order valence-corrected chi connectivity index (χ2v) is 6.03. The standard InChI is InChI=1S/C20H24N2O3/c1-4-6-17(23)15-9-10-18(16(21)11-15)25-12-19(24)22-20-13(2)7-5-8-14(20)3/h5,7-11H,4,6,12,21H2,1-3H3,(H,22,24). The number of carbonyl (C=O) groups excluding carboxylic acids is 2. The van der Waals surface area contributed by atoms with Gasteiger partial charge < -0.3 is 15.8 Å². The Bertz CT molecular complexity index is 764. The minimum absolute atomic E-state index is 0.0496. The number of nitrogen functional groups attached to an aromatic ring is 1. The van der Waals surface area contributed by atoms with Crippen molar-refractivity contribution in [1.82, 2.24) is 0 Å². The molecule has 0 saturated carbocycles. The van der Waals surface area contributed by atoms with Gasteiger partial charge in [0.2, 0.25) is 0 Å². The molecular formula is C20H24N2O3. The van der Waals surface area contributed by atoms with Crippen molar-refractivity contribution in [2.24, 2.45) is 0 Å². The number of Topliss-reactive ketones (excluding diaryl/α,β-unsaturated/α-hetero) is 1. The molecule has 2 aromatic rings. The van der Waals surface area contributed by atoms with Crippen LogP contribution in [0.15, 0.2) is 36.4 Å². The number of carbonyl (C=O) groups is 2. The van der Waals surface area contributed by atoms with E-state index in [1.54, 1.807) is 18.2 Å². The number of ketones is 1. The lowest BCUT2D eigenvalue weighted by Gasteiger charge is -2.13. The zero-order chi connectivity index (χ0) is 18.4. The zero-order valence-corrected chi connectivity index (χ0v) is 14.9. The van der Waals surface area contributed by atoms with Gasteiger partial charge in [-0.05, 0) is 49.6 Å². The van der Waals surface area contributed by atoms with Crippen molar-refractivity contribution in [3.63, 3.8) is 0 Å². The average molecular weight is 340 g/mol. The van der Waals surface area contributed by atoms with Gasteiger partial charge in [0, 0.05) is 17.7 Å². The topological polar surface area (TPSA) is 81.4 Å². The molecule has 0 radical (unpaired) electrons. The summed E-state index contributed by atoms with van der Waals surface area (Å²) < 4.78 is 5.50. The van der Waals surface area contributed by atoms with E-state index in [9.17, 15) is 9.59 Å². The third-order valence-electron chi connectivity index (χ3n) is 3.91. The maximum Gasteiger partial charge on any atom is 0.262 e. The number of ether oxygens (including phenoxy) is 1. The molecule has 0 atom stereocenters. The van der Waals surface area contributed by atoms with E-state index in [1.807, 2.05) is 39.0 Å². The fourth-order valence-electron chi connectivity index (χ4n) is 2.56. The number of para-hydroxylation sites is 1. The van der Waals surface area contributed by atoms with Crippen molar-refractivity contribution in [2.75, 3.05) is 17.7 Å². The monoisotopic (exact) mass is 340 g/mol. The summed E-state index contributed by atoms with van der Waals surface area (Å²) in [6, 6.07) is 10.7. The Labute approximate surface area is 148 Å². The molecule has 0 saturated heterocycles. The van der Waals surface area contributed by atoms with E-state index in [1.165, 1.54) is 0 Å². The van der Waals surface area contributed by atoms with E-state index in [4.69, 9.17) is 10.5 Å². The van der Waals surface area contributed by atoms with Crippen LogP contribution in [0.3, 0.4) is 0 Å². The third-order valence-corrected chi connectivity index (χ3v) is 3.91. The molecule has 3 N–H and O–H groups in total. The van der Waals surface area contributed by atoms with Gasteiger partial charge in [0.25, 0.3) is 5.91 Å². The lowest BCUT2D eigenvalue weighted by molar-refractivity contribution is -0.118. The van der Waals surface area contributed by atoms with Crippen molar-refractivity contribution in [1.29, 1.82) is 0 Å². The molecule has 5 heteroatoms. The quantitative estimate of drug-likeness (QED) is 0.592. The second-order valence-electron chi connectivity index (χ2n) is 6.03. The van der Waals surface area contributed by atoms with Gasteiger partial charge in [0.15, 0.2) is 12.4 Å². The van der Waals surface area contributed by atoms with Crippen molar-refractivity contribution >= 4 is 23.1 Å². The number of nitrogens with one attached hydrogen (secondary N) is 1. The van der Waals surface area contributed by atoms with Gasteiger partial charge in [-0.2, -0.15) is 0 Å². The fraction of sp³-hybridized carbons (Fsp3) is 0.300. The highest BCUT2D eigenvalue weighted by Gasteiger charge is 2.11. The van der Waals surface area contributed by atoms with E-state index in [0.717, 1.165) is 23.2 Å². The normalized spacial score (nSPS) is 10.4. The van der Waals surface area contributed by atoms with Crippen LogP contribution in [0.1, 0.15) is 41.3 Å². The molecule has 132 valence electrons. The van der Waals surface area contributed by atoms with Gasteiger partial charge in [-0.1, -0.05) is 25.1 Å². The lowest BCUT2D eigenvalue weighted by Crippen LogP contribution is -2.21. The summed E-state index contributed by atoms with van der Waals surface area (Å²) in [5.41, 5.74) is 9.62. The molecule has 0 fully saturated rings. The number of rotatable bonds is 7. The van der Waals surface area contributed by atoms with Crippen LogP contribution in [0.5, 0.6) is 5.75 Å². The Balaban J connectivity index is 1.99. The van der Waals surface area contributed by atoms with Crippen LogP contribution in [-0.2, 0) is 4.79 Å². The predicted octanol–water partition coefficient (Wildman–Crippen LogP) is 3.89. The molecule has 0 aliphatic carbocycles. The van der Waals surface area contributed by atoms with Crippen LogP contribution < -0.4 is 15.8 Å². The number of hydrogen-bond acceptors (Lipinski definition) is 4. The summed E-state index contributed by atoms with van der Waals surface area (Å²) in [5.74, 6) is 0.182. The first-order chi connectivity index (χ1) is 11.9. The molecule has 2 rings (SSSR count). The smallest absolute Gasteiger partial charge is 0.262 e. The van der Waals surface area contributed by atoms with Gasteiger partial charge >= 0.3 is 0 Å². The van der Waals surface area contributed by atoms with Gasteiger partial charge in [-0.3, -0.25) is 9.59 Å². The summed E-state index contributed by atoms with van der Waals surface area (Å²) in [5, 5.41) is 2.86. The summed E-state index contributed by atoms with van der Waals surface area (Å²) in [4.78, 5) is 24.0. The Morgan fingerprint density at radius 1 is 1.12 bits per heavy atom. The number of hydrogen-bond donors (Lipinski definition) is 2. The van der Waals surface area contributed by atoms with E-state index in [2.05, 4.69) is 5.32 Å². The molecule has 0 bridgehead atoms. The molecule has 0 aliphatic heterocycles. The number of aryl methyl sites for hydroxylation is 2. The SMILES string of the molecule is CCCC(=O)c1ccc(OCC(=O)Nc2c(C)cccc2C)c(N)c1. The van der Waals surface area contributed by atoms with E-state index >= 15 is 0 Å². The van der Waals surface area contributed by atoms with Crippen LogP contribution in [0, 0.1) is 13.8 Å². The van der Waals surface area contributed by atoms with Gasteiger partial charge in [-0.25, -0.2) is 0 Å². The van der Waals surface area contributed by atoms with E-state index < -0.39 is 0 Å². The van der Waals surface area contributed by atoms with Gasteiger partial charge in [0.05, 0.1) is 5.69 Å². The molecular weight excluding hydrogens is 316 g/mol. The van der Waals surface area contributed by atoms with Gasteiger partial charge in [0.1, 0.15) is 5.75 Å². The zero-order valence-electron chi connectivity index (χ0n) is 14.9. The largest absolute Gasteiger partial charge is 0.482 e. The molecule has 1 amide bonds. The highest BCUT2D eigenvalue weighted by atomic mass is 16.5. The van der Waals surface area contributed by atoms with Crippen LogP contribution >= 0.6 is 0 Å². The first-order valence-electron chi connectivity index (χ1n) is 8.34. The van der Waals surface area contributed by atoms with Crippen LogP contribution in [0.4, 0.5) is 11.4 Å². The number of amides is 1. The van der Waals surface area contributed by atoms with Gasteiger partial charge in [-0.15, -0.1) is 0 Å². The van der Waals surface area contributed by atoms with Crippen molar-refractivity contribution in [3.05, 3.63) is 53.1 Å². The van der Waals surface area contributed by atoms with Crippen LogP contribution in [0.2, 0.25) is 0 Å². The van der Waals surface area contributed by atoms with Crippen LogP contribution in [0.25, 0.3) is 0 Å². The summed E-state index contributed by atoms with van der Waals surface area (Å²) in [7, 11) is 0. The number of anilines is 2. The lowest BCUT2D eigenvalue weighted by atomic mass is 10.1. The number of nitrogens with two attached hydrogens (primary N) is 1. The van der Waals surface area contributed by atoms with E-state index in [-0.39, 0.29) is 18.3 Å². The molecule has 0 aromatic heterocycles.